The quantitative estimate of drug-likeness (QED) is 0.630. The second-order valence-corrected chi connectivity index (χ2v) is 2.46. The molecule has 0 radical (unpaired) electrons. The van der Waals surface area contributed by atoms with E-state index in [1.54, 1.807) is 4.90 Å². The standard InChI is InChI=1S/C6H11N2O.W/c1-5-4-8(2)6(9)3-7-5;/h5H,3-4H2,1-2H3;/q-1;+2. The molecule has 0 bridgehead atoms. The minimum atomic E-state index is 0. The van der Waals surface area contributed by atoms with Gasteiger partial charge in [0, 0.05) is 13.6 Å². The first-order valence-corrected chi connectivity index (χ1v) is 3.10. The van der Waals surface area contributed by atoms with E-state index in [1.165, 1.54) is 0 Å². The Morgan fingerprint density at radius 2 is 2.30 bits per heavy atom. The van der Waals surface area contributed by atoms with Crippen LogP contribution in [0.1, 0.15) is 6.92 Å². The van der Waals surface area contributed by atoms with Gasteiger partial charge in [-0.3, -0.25) is 4.79 Å². The van der Waals surface area contributed by atoms with Crippen LogP contribution in [0, 0.1) is 0 Å². The Labute approximate surface area is 75.4 Å². The van der Waals surface area contributed by atoms with Crippen LogP contribution < -0.4 is 0 Å². The van der Waals surface area contributed by atoms with E-state index in [0.717, 1.165) is 6.54 Å². The first kappa shape index (κ1) is 10.1. The van der Waals surface area contributed by atoms with Gasteiger partial charge in [0.1, 0.15) is 0 Å². The van der Waals surface area contributed by atoms with Gasteiger partial charge in [-0.05, 0) is 0 Å². The van der Waals surface area contributed by atoms with Gasteiger partial charge in [-0.1, -0.05) is 13.5 Å². The molecule has 1 amide bonds. The summed E-state index contributed by atoms with van der Waals surface area (Å²) in [5.41, 5.74) is 0. The zero-order valence-corrected chi connectivity index (χ0v) is 9.14. The molecule has 1 rings (SSSR count). The van der Waals surface area contributed by atoms with Gasteiger partial charge >= 0.3 is 21.1 Å². The smallest absolute Gasteiger partial charge is 0.651 e. The summed E-state index contributed by atoms with van der Waals surface area (Å²) in [5, 5.41) is 4.07. The van der Waals surface area contributed by atoms with Gasteiger partial charge < -0.3 is 10.2 Å². The molecule has 1 unspecified atom stereocenters. The average Bonchev–Trinajstić information content (AvgIpc) is 1.80. The Morgan fingerprint density at radius 3 is 2.70 bits per heavy atom. The third-order valence-electron chi connectivity index (χ3n) is 1.50. The Balaban J connectivity index is 0.000000810. The zero-order chi connectivity index (χ0) is 6.85. The Kier molecular flexibility index (Phi) is 4.14. The van der Waals surface area contributed by atoms with Crippen molar-refractivity contribution in [2.45, 2.75) is 13.0 Å². The Bertz CT molecular complexity index is 129. The van der Waals surface area contributed by atoms with Crippen molar-refractivity contribution < 1.29 is 25.9 Å². The van der Waals surface area contributed by atoms with E-state index < -0.39 is 0 Å². The van der Waals surface area contributed by atoms with Crippen LogP contribution in [0.5, 0.6) is 0 Å². The molecule has 1 aliphatic rings. The number of carbonyl (C=O) groups excluding carboxylic acids is 1. The maximum atomic E-state index is 10.8. The first-order valence-electron chi connectivity index (χ1n) is 3.10. The van der Waals surface area contributed by atoms with Crippen molar-refractivity contribution in [1.82, 2.24) is 4.90 Å². The van der Waals surface area contributed by atoms with Gasteiger partial charge in [0.15, 0.2) is 0 Å². The maximum Gasteiger partial charge on any atom is 2.00 e. The fourth-order valence-electron chi connectivity index (χ4n) is 0.911. The molecule has 0 saturated carbocycles. The van der Waals surface area contributed by atoms with E-state index in [4.69, 9.17) is 0 Å². The largest absolute Gasteiger partial charge is 2.00 e. The van der Waals surface area contributed by atoms with E-state index >= 15 is 0 Å². The van der Waals surface area contributed by atoms with Gasteiger partial charge in [0.2, 0.25) is 5.91 Å². The molecule has 56 valence electrons. The van der Waals surface area contributed by atoms with Crippen molar-refractivity contribution in [1.29, 1.82) is 0 Å². The molecule has 1 heterocycles. The fourth-order valence-corrected chi connectivity index (χ4v) is 0.911. The molecule has 0 aliphatic carbocycles. The number of carbonyl (C=O) groups is 1. The molecule has 1 saturated heterocycles. The average molecular weight is 311 g/mol. The molecule has 4 heteroatoms. The second-order valence-electron chi connectivity index (χ2n) is 2.46. The summed E-state index contributed by atoms with van der Waals surface area (Å²) in [5.74, 6) is 0.133. The molecule has 0 aromatic carbocycles. The summed E-state index contributed by atoms with van der Waals surface area (Å²) < 4.78 is 0. The molecular weight excluding hydrogens is 300 g/mol. The maximum absolute atomic E-state index is 10.8. The monoisotopic (exact) mass is 311 g/mol. The third-order valence-corrected chi connectivity index (χ3v) is 1.50. The number of piperazine rings is 1. The van der Waals surface area contributed by atoms with Gasteiger partial charge in [0.25, 0.3) is 0 Å². The van der Waals surface area contributed by atoms with E-state index in [9.17, 15) is 4.79 Å². The molecule has 10 heavy (non-hydrogen) atoms. The van der Waals surface area contributed by atoms with E-state index in [0.29, 0.717) is 12.6 Å². The van der Waals surface area contributed by atoms with E-state index in [-0.39, 0.29) is 27.0 Å². The Hall–Kier alpha value is 0.118. The summed E-state index contributed by atoms with van der Waals surface area (Å²) in [4.78, 5) is 12.5. The minimum absolute atomic E-state index is 0. The number of hydrogen-bond acceptors (Lipinski definition) is 1. The van der Waals surface area contributed by atoms with Crippen molar-refractivity contribution in [3.05, 3.63) is 5.32 Å². The van der Waals surface area contributed by atoms with Crippen molar-refractivity contribution >= 4 is 5.91 Å². The summed E-state index contributed by atoms with van der Waals surface area (Å²) in [6, 6.07) is 0.327. The zero-order valence-electron chi connectivity index (χ0n) is 6.20. The Morgan fingerprint density at radius 1 is 1.70 bits per heavy atom. The molecule has 3 nitrogen and oxygen atoms in total. The molecule has 0 spiro atoms. The van der Waals surface area contributed by atoms with Gasteiger partial charge in [0.05, 0.1) is 0 Å². The normalized spacial score (nSPS) is 26.0. The van der Waals surface area contributed by atoms with Gasteiger partial charge in [-0.15, -0.1) is 6.04 Å². The minimum Gasteiger partial charge on any atom is -0.651 e. The van der Waals surface area contributed by atoms with Crippen LogP contribution in [-0.4, -0.2) is 37.0 Å². The van der Waals surface area contributed by atoms with Crippen molar-refractivity contribution in [2.24, 2.45) is 0 Å². The molecular formula is C6H11N2OW+. The number of hydrogen-bond donors (Lipinski definition) is 0. The van der Waals surface area contributed by atoms with Crippen LogP contribution in [0.4, 0.5) is 0 Å². The van der Waals surface area contributed by atoms with E-state index in [2.05, 4.69) is 5.32 Å². The number of likely N-dealkylation sites (N-methyl/N-ethyl adjacent to an activating group) is 1. The number of rotatable bonds is 0. The summed E-state index contributed by atoms with van der Waals surface area (Å²) in [7, 11) is 1.81. The molecule has 1 fully saturated rings. The van der Waals surface area contributed by atoms with Crippen molar-refractivity contribution in [3.8, 4) is 0 Å². The van der Waals surface area contributed by atoms with Crippen molar-refractivity contribution in [2.75, 3.05) is 20.1 Å². The SMILES string of the molecule is CC1CN(C)C(=O)C[N-]1.[W+2]. The molecule has 1 aliphatic heterocycles. The molecule has 0 aromatic heterocycles. The first-order chi connectivity index (χ1) is 4.20. The summed E-state index contributed by atoms with van der Waals surface area (Å²) in [6.45, 7) is 3.17. The predicted molar refractivity (Wildman–Crippen MR) is 35.3 cm³/mol. The third kappa shape index (κ3) is 2.39. The molecule has 1 atom stereocenters. The van der Waals surface area contributed by atoms with Crippen LogP contribution in [0.25, 0.3) is 5.32 Å². The van der Waals surface area contributed by atoms with Crippen molar-refractivity contribution in [3.63, 3.8) is 0 Å². The summed E-state index contributed by atoms with van der Waals surface area (Å²) in [6.07, 6.45) is 0. The van der Waals surface area contributed by atoms with Crippen LogP contribution in [0.3, 0.4) is 0 Å². The topological polar surface area (TPSA) is 34.4 Å². The van der Waals surface area contributed by atoms with Crippen LogP contribution in [0.2, 0.25) is 0 Å². The summed E-state index contributed by atoms with van der Waals surface area (Å²) >= 11 is 0. The number of amides is 1. The van der Waals surface area contributed by atoms with Crippen LogP contribution >= 0.6 is 0 Å². The van der Waals surface area contributed by atoms with E-state index in [1.807, 2.05) is 14.0 Å². The predicted octanol–water partition coefficient (Wildman–Crippen LogP) is 0.218. The second kappa shape index (κ2) is 4.09. The van der Waals surface area contributed by atoms with Gasteiger partial charge in [-0.2, -0.15) is 0 Å². The molecule has 0 N–H and O–H groups in total. The fraction of sp³-hybridized carbons (Fsp3) is 0.833. The number of nitrogens with zero attached hydrogens (tertiary/aromatic N) is 2. The molecule has 0 aromatic rings. The van der Waals surface area contributed by atoms with Crippen LogP contribution in [0.15, 0.2) is 0 Å². The van der Waals surface area contributed by atoms with Crippen LogP contribution in [-0.2, 0) is 25.9 Å². The van der Waals surface area contributed by atoms with Gasteiger partial charge in [-0.25, -0.2) is 0 Å².